The topological polar surface area (TPSA) is 55.8 Å². The zero-order valence-electron chi connectivity index (χ0n) is 20.2. The first-order valence-electron chi connectivity index (χ1n) is 11.2. The number of methoxy groups -OCH3 is 1. The molecular formula is C25H24F7NO4. The summed E-state index contributed by atoms with van der Waals surface area (Å²) in [6.07, 6.45) is -11.7. The van der Waals surface area contributed by atoms with Gasteiger partial charge in [0.25, 0.3) is 0 Å². The van der Waals surface area contributed by atoms with Gasteiger partial charge in [-0.15, -0.1) is 0 Å². The van der Waals surface area contributed by atoms with Crippen LogP contribution in [0.15, 0.2) is 36.4 Å². The summed E-state index contributed by atoms with van der Waals surface area (Å²) in [5.74, 6) is -4.68. The molecule has 1 heterocycles. The van der Waals surface area contributed by atoms with E-state index >= 15 is 0 Å². The maximum Gasteiger partial charge on any atom is 0.416 e. The molecule has 0 bridgehead atoms. The third kappa shape index (κ3) is 5.99. The Kier molecular flexibility index (Phi) is 7.80. The Balaban J connectivity index is 2.25. The van der Waals surface area contributed by atoms with Crippen LogP contribution in [0.25, 0.3) is 0 Å². The number of esters is 1. The van der Waals surface area contributed by atoms with Crippen molar-refractivity contribution >= 4 is 17.7 Å². The molecule has 1 aliphatic heterocycles. The second-order valence-corrected chi connectivity index (χ2v) is 9.04. The first-order chi connectivity index (χ1) is 17.0. The lowest BCUT2D eigenvalue weighted by atomic mass is 9.74. The lowest BCUT2D eigenvalue weighted by Crippen LogP contribution is -2.45. The number of alkyl halides is 6. The highest BCUT2D eigenvalue weighted by atomic mass is 19.4. The third-order valence-corrected chi connectivity index (χ3v) is 6.04. The van der Waals surface area contributed by atoms with Gasteiger partial charge in [0.05, 0.1) is 35.9 Å². The van der Waals surface area contributed by atoms with E-state index in [4.69, 9.17) is 9.47 Å². The fourth-order valence-corrected chi connectivity index (χ4v) is 4.55. The Morgan fingerprint density at radius 3 is 2.03 bits per heavy atom. The Morgan fingerprint density at radius 2 is 1.54 bits per heavy atom. The minimum Gasteiger partial charge on any atom is -0.469 e. The van der Waals surface area contributed by atoms with Gasteiger partial charge in [0.15, 0.2) is 0 Å². The van der Waals surface area contributed by atoms with Gasteiger partial charge in [-0.1, -0.05) is 0 Å². The number of benzene rings is 2. The molecule has 5 nitrogen and oxygen atoms in total. The molecule has 0 aliphatic carbocycles. The Morgan fingerprint density at radius 1 is 0.973 bits per heavy atom. The van der Waals surface area contributed by atoms with Crippen LogP contribution in [0, 0.1) is 5.82 Å². The molecule has 0 N–H and O–H groups in total. The number of nitrogens with zero attached hydrogens (tertiary/aromatic N) is 1. The van der Waals surface area contributed by atoms with Crippen molar-refractivity contribution in [2.24, 2.45) is 0 Å². The molecule has 0 spiro atoms. The minimum absolute atomic E-state index is 0.0418. The average Bonchev–Trinajstić information content (AvgIpc) is 2.77. The van der Waals surface area contributed by atoms with E-state index in [1.807, 2.05) is 0 Å². The van der Waals surface area contributed by atoms with Gasteiger partial charge < -0.3 is 9.47 Å². The van der Waals surface area contributed by atoms with Crippen LogP contribution in [0.3, 0.4) is 0 Å². The lowest BCUT2D eigenvalue weighted by Gasteiger charge is -2.41. The van der Waals surface area contributed by atoms with Crippen molar-refractivity contribution < 1.29 is 49.8 Å². The molecule has 0 saturated heterocycles. The summed E-state index contributed by atoms with van der Waals surface area (Å²) in [5.41, 5.74) is -3.64. The Bertz CT molecular complexity index is 1140. The van der Waals surface area contributed by atoms with Crippen molar-refractivity contribution in [3.8, 4) is 0 Å². The van der Waals surface area contributed by atoms with Gasteiger partial charge in [0, 0.05) is 12.0 Å². The molecule has 3 rings (SSSR count). The Hall–Kier alpha value is -3.31. The molecule has 1 aliphatic rings. The molecule has 12 heteroatoms. The molecule has 202 valence electrons. The van der Waals surface area contributed by atoms with E-state index < -0.39 is 70.9 Å². The number of hydrogen-bond acceptors (Lipinski definition) is 4. The SMILES string of the molecule is COC(=O)[C@H](c1cc(C(F)(F)F)cc(C(F)(F)F)c1)[C@H]1C[C@@H](C)N(C(=O)OC(C)C)c2ccc(F)cc21. The van der Waals surface area contributed by atoms with E-state index in [9.17, 15) is 40.3 Å². The standard InChI is InChI=1S/C25H24F7NO4/c1-12(2)37-23(35)33-13(3)7-19(18-11-17(26)5-6-20(18)33)21(22(34)36-4)14-8-15(24(27,28)29)10-16(9-14)25(30,31)32/h5-6,8-13,19,21H,7H2,1-4H3/t13-,19+,21-/m1/s1. The van der Waals surface area contributed by atoms with Gasteiger partial charge in [0.2, 0.25) is 0 Å². The summed E-state index contributed by atoms with van der Waals surface area (Å²) >= 11 is 0. The summed E-state index contributed by atoms with van der Waals surface area (Å²) in [6, 6.07) is 3.45. The fraction of sp³-hybridized carbons (Fsp3) is 0.440. The van der Waals surface area contributed by atoms with Crippen molar-refractivity contribution in [2.45, 2.75) is 63.5 Å². The predicted octanol–water partition coefficient (Wildman–Crippen LogP) is 7.05. The van der Waals surface area contributed by atoms with Crippen LogP contribution in [0.5, 0.6) is 0 Å². The third-order valence-electron chi connectivity index (χ3n) is 6.04. The molecule has 0 radical (unpaired) electrons. The summed E-state index contributed by atoms with van der Waals surface area (Å²) in [5, 5.41) is 0. The monoisotopic (exact) mass is 535 g/mol. The number of amides is 1. The van der Waals surface area contributed by atoms with Crippen LogP contribution >= 0.6 is 0 Å². The molecule has 0 fully saturated rings. The molecule has 0 saturated carbocycles. The molecule has 37 heavy (non-hydrogen) atoms. The molecular weight excluding hydrogens is 511 g/mol. The summed E-state index contributed by atoms with van der Waals surface area (Å²) in [4.78, 5) is 26.9. The number of hydrogen-bond donors (Lipinski definition) is 0. The summed E-state index contributed by atoms with van der Waals surface area (Å²) in [6.45, 7) is 4.79. The van der Waals surface area contributed by atoms with Crippen LogP contribution in [0.1, 0.15) is 61.3 Å². The Labute approximate surface area is 208 Å². The number of anilines is 1. The van der Waals surface area contributed by atoms with Crippen molar-refractivity contribution in [2.75, 3.05) is 12.0 Å². The van der Waals surface area contributed by atoms with Gasteiger partial charge in [0.1, 0.15) is 5.82 Å². The highest BCUT2D eigenvalue weighted by Crippen LogP contribution is 2.48. The molecule has 0 unspecified atom stereocenters. The van der Waals surface area contributed by atoms with Gasteiger partial charge in [-0.25, -0.2) is 9.18 Å². The van der Waals surface area contributed by atoms with Crippen LogP contribution in [0.4, 0.5) is 41.2 Å². The average molecular weight is 535 g/mol. The van der Waals surface area contributed by atoms with Gasteiger partial charge in [-0.05, 0) is 74.7 Å². The van der Waals surface area contributed by atoms with Crippen molar-refractivity contribution in [1.29, 1.82) is 0 Å². The minimum atomic E-state index is -5.14. The summed E-state index contributed by atoms with van der Waals surface area (Å²) < 4.78 is 106. The lowest BCUT2D eigenvalue weighted by molar-refractivity contribution is -0.145. The van der Waals surface area contributed by atoms with E-state index in [1.54, 1.807) is 20.8 Å². The number of rotatable bonds is 4. The smallest absolute Gasteiger partial charge is 0.416 e. The summed E-state index contributed by atoms with van der Waals surface area (Å²) in [7, 11) is 0.943. The van der Waals surface area contributed by atoms with E-state index in [0.29, 0.717) is 12.1 Å². The molecule has 0 aromatic heterocycles. The predicted molar refractivity (Wildman–Crippen MR) is 119 cm³/mol. The maximum atomic E-state index is 14.3. The van der Waals surface area contributed by atoms with Gasteiger partial charge in [-0.3, -0.25) is 9.69 Å². The van der Waals surface area contributed by atoms with Crippen LogP contribution in [-0.2, 0) is 26.6 Å². The van der Waals surface area contributed by atoms with Crippen molar-refractivity contribution in [3.63, 3.8) is 0 Å². The second kappa shape index (κ2) is 10.2. The number of carbonyl (C=O) groups excluding carboxylic acids is 2. The van der Waals surface area contributed by atoms with Crippen LogP contribution < -0.4 is 4.90 Å². The van der Waals surface area contributed by atoms with Gasteiger partial charge in [-0.2, -0.15) is 26.3 Å². The second-order valence-electron chi connectivity index (χ2n) is 9.04. The van der Waals surface area contributed by atoms with Crippen LogP contribution in [-0.4, -0.2) is 31.3 Å². The highest BCUT2D eigenvalue weighted by molar-refractivity contribution is 5.91. The largest absolute Gasteiger partial charge is 0.469 e. The van der Waals surface area contributed by atoms with E-state index in [1.165, 1.54) is 11.0 Å². The maximum absolute atomic E-state index is 14.3. The fourth-order valence-electron chi connectivity index (χ4n) is 4.55. The van der Waals surface area contributed by atoms with E-state index in [2.05, 4.69) is 0 Å². The molecule has 2 aromatic carbocycles. The van der Waals surface area contributed by atoms with Crippen molar-refractivity contribution in [1.82, 2.24) is 0 Å². The number of carbonyl (C=O) groups is 2. The number of halogens is 7. The quantitative estimate of drug-likeness (QED) is 0.311. The van der Waals surface area contributed by atoms with Gasteiger partial charge >= 0.3 is 24.4 Å². The first-order valence-corrected chi connectivity index (χ1v) is 11.2. The molecule has 1 amide bonds. The highest BCUT2D eigenvalue weighted by Gasteiger charge is 2.44. The van der Waals surface area contributed by atoms with E-state index in [-0.39, 0.29) is 23.7 Å². The molecule has 3 atom stereocenters. The molecule has 2 aromatic rings. The number of ether oxygens (including phenoxy) is 2. The normalized spacial score (nSPS) is 18.9. The van der Waals surface area contributed by atoms with E-state index in [0.717, 1.165) is 19.2 Å². The number of fused-ring (bicyclic) bond motifs is 1. The zero-order valence-corrected chi connectivity index (χ0v) is 20.2. The first kappa shape index (κ1) is 28.3. The van der Waals surface area contributed by atoms with Crippen molar-refractivity contribution in [3.05, 3.63) is 64.5 Å². The zero-order chi connectivity index (χ0) is 27.9. The van der Waals surface area contributed by atoms with Crippen LogP contribution in [0.2, 0.25) is 0 Å².